The number of amides is 1. The van der Waals surface area contributed by atoms with Crippen molar-refractivity contribution in [1.82, 2.24) is 14.5 Å². The zero-order valence-electron chi connectivity index (χ0n) is 17.0. The first-order valence-electron chi connectivity index (χ1n) is 9.59. The van der Waals surface area contributed by atoms with Crippen molar-refractivity contribution >= 4 is 39.2 Å². The van der Waals surface area contributed by atoms with Crippen LogP contribution in [-0.2, 0) is 11.3 Å². The molecule has 0 aliphatic heterocycles. The van der Waals surface area contributed by atoms with Gasteiger partial charge in [0.1, 0.15) is 4.83 Å². The first kappa shape index (κ1) is 22.9. The third-order valence-electron chi connectivity index (χ3n) is 4.65. The monoisotopic (exact) mass is 431 g/mol. The molecule has 0 aliphatic carbocycles. The molecule has 2 heterocycles. The van der Waals surface area contributed by atoms with E-state index in [2.05, 4.69) is 6.92 Å². The van der Waals surface area contributed by atoms with Crippen molar-refractivity contribution in [2.45, 2.75) is 58.2 Å². The number of nitrogens with zero attached hydrogens (tertiary/aromatic N) is 5. The van der Waals surface area contributed by atoms with E-state index in [4.69, 9.17) is 15.5 Å². The lowest BCUT2D eigenvalue weighted by Crippen LogP contribution is -2.34. The summed E-state index contributed by atoms with van der Waals surface area (Å²) in [5.74, 6) is -0.0417. The maximum absolute atomic E-state index is 13.1. The SMILES string of the molecule is CCCCn1c(SCC(=O)N(CCC#N)CCC#N)nc2sc(C)c(C)c2c1=O. The van der Waals surface area contributed by atoms with Crippen LogP contribution < -0.4 is 5.56 Å². The number of carbonyl (C=O) groups excluding carboxylic acids is 1. The van der Waals surface area contributed by atoms with Crippen LogP contribution in [0.3, 0.4) is 0 Å². The summed E-state index contributed by atoms with van der Waals surface area (Å²) in [4.78, 5) is 33.7. The van der Waals surface area contributed by atoms with E-state index in [0.29, 0.717) is 35.0 Å². The Morgan fingerprint density at radius 2 is 1.90 bits per heavy atom. The number of hydrogen-bond acceptors (Lipinski definition) is 7. The quantitative estimate of drug-likeness (QED) is 0.420. The lowest BCUT2D eigenvalue weighted by atomic mass is 10.2. The second kappa shape index (κ2) is 11.0. The highest BCUT2D eigenvalue weighted by atomic mass is 32.2. The second-order valence-corrected chi connectivity index (χ2v) is 8.80. The van der Waals surface area contributed by atoms with Crippen LogP contribution in [0.15, 0.2) is 9.95 Å². The highest BCUT2D eigenvalue weighted by Crippen LogP contribution is 2.28. The van der Waals surface area contributed by atoms with E-state index in [0.717, 1.165) is 23.3 Å². The van der Waals surface area contributed by atoms with Crippen molar-refractivity contribution in [2.24, 2.45) is 0 Å². The largest absolute Gasteiger partial charge is 0.340 e. The lowest BCUT2D eigenvalue weighted by molar-refractivity contribution is -0.128. The molecule has 0 bridgehead atoms. The van der Waals surface area contributed by atoms with Crippen LogP contribution in [0, 0.1) is 36.5 Å². The number of fused-ring (bicyclic) bond motifs is 1. The highest BCUT2D eigenvalue weighted by Gasteiger charge is 2.19. The number of thioether (sulfide) groups is 1. The van der Waals surface area contributed by atoms with Gasteiger partial charge < -0.3 is 4.90 Å². The van der Waals surface area contributed by atoms with Crippen LogP contribution in [0.2, 0.25) is 0 Å². The predicted octanol–water partition coefficient (Wildman–Crippen LogP) is 3.62. The molecule has 0 N–H and O–H groups in total. The molecule has 154 valence electrons. The average Bonchev–Trinajstić information content (AvgIpc) is 2.99. The summed E-state index contributed by atoms with van der Waals surface area (Å²) in [5, 5.41) is 18.8. The standard InChI is InChI=1S/C20H25N5O2S2/c1-4-5-12-25-19(27)17-14(2)15(3)29-18(17)23-20(25)28-13-16(26)24(10-6-8-21)11-7-9-22/h4-7,10-13H2,1-3H3. The Labute approximate surface area is 179 Å². The van der Waals surface area contributed by atoms with Crippen molar-refractivity contribution in [2.75, 3.05) is 18.8 Å². The molecule has 0 aromatic carbocycles. The molecule has 9 heteroatoms. The molecule has 0 saturated heterocycles. The maximum Gasteiger partial charge on any atom is 0.263 e. The van der Waals surface area contributed by atoms with Crippen LogP contribution in [0.25, 0.3) is 10.2 Å². The summed E-state index contributed by atoms with van der Waals surface area (Å²) in [6, 6.07) is 4.06. The van der Waals surface area contributed by atoms with Crippen LogP contribution in [0.4, 0.5) is 0 Å². The van der Waals surface area contributed by atoms with E-state index in [1.165, 1.54) is 28.0 Å². The molecule has 1 amide bonds. The fraction of sp³-hybridized carbons (Fsp3) is 0.550. The predicted molar refractivity (Wildman–Crippen MR) is 116 cm³/mol. The zero-order valence-corrected chi connectivity index (χ0v) is 18.7. The van der Waals surface area contributed by atoms with Gasteiger partial charge in [0, 0.05) is 24.5 Å². The van der Waals surface area contributed by atoms with Gasteiger partial charge >= 0.3 is 0 Å². The molecule has 0 atom stereocenters. The van der Waals surface area contributed by atoms with Gasteiger partial charge in [0.05, 0.1) is 36.1 Å². The van der Waals surface area contributed by atoms with Gasteiger partial charge in [-0.1, -0.05) is 25.1 Å². The molecule has 29 heavy (non-hydrogen) atoms. The fourth-order valence-corrected chi connectivity index (χ4v) is 4.88. The van der Waals surface area contributed by atoms with E-state index < -0.39 is 0 Å². The second-order valence-electron chi connectivity index (χ2n) is 6.65. The van der Waals surface area contributed by atoms with Gasteiger partial charge in [-0.05, 0) is 25.8 Å². The number of thiophene rings is 1. The smallest absolute Gasteiger partial charge is 0.263 e. The van der Waals surface area contributed by atoms with Crippen molar-refractivity contribution < 1.29 is 4.79 Å². The average molecular weight is 432 g/mol. The fourth-order valence-electron chi connectivity index (χ4n) is 2.88. The minimum atomic E-state index is -0.157. The first-order chi connectivity index (χ1) is 13.9. The molecule has 0 fully saturated rings. The van der Waals surface area contributed by atoms with Crippen molar-refractivity contribution in [3.05, 3.63) is 20.8 Å². The Morgan fingerprint density at radius 1 is 1.24 bits per heavy atom. The van der Waals surface area contributed by atoms with E-state index in [1.807, 2.05) is 26.0 Å². The Kier molecular flexibility index (Phi) is 8.69. The van der Waals surface area contributed by atoms with Crippen molar-refractivity contribution in [3.8, 4) is 12.1 Å². The summed E-state index contributed by atoms with van der Waals surface area (Å²) in [5.41, 5.74) is 0.922. The van der Waals surface area contributed by atoms with Gasteiger partial charge in [0.2, 0.25) is 5.91 Å². The Balaban J connectivity index is 2.29. The minimum Gasteiger partial charge on any atom is -0.340 e. The first-order valence-corrected chi connectivity index (χ1v) is 11.4. The van der Waals surface area contributed by atoms with Crippen LogP contribution in [0.5, 0.6) is 0 Å². The third kappa shape index (κ3) is 5.59. The van der Waals surface area contributed by atoms with Gasteiger partial charge in [-0.3, -0.25) is 14.2 Å². The summed E-state index contributed by atoms with van der Waals surface area (Å²) in [6.07, 6.45) is 2.25. The van der Waals surface area contributed by atoms with Crippen molar-refractivity contribution in [1.29, 1.82) is 10.5 Å². The van der Waals surface area contributed by atoms with E-state index >= 15 is 0 Å². The van der Waals surface area contributed by atoms with Crippen LogP contribution >= 0.6 is 23.1 Å². The molecule has 0 saturated carbocycles. The molecule has 0 unspecified atom stereocenters. The number of carbonyl (C=O) groups is 1. The summed E-state index contributed by atoms with van der Waals surface area (Å²) < 4.78 is 1.68. The Hall–Kier alpha value is -2.36. The lowest BCUT2D eigenvalue weighted by Gasteiger charge is -2.20. The molecule has 7 nitrogen and oxygen atoms in total. The topological polar surface area (TPSA) is 103 Å². The Morgan fingerprint density at radius 3 is 2.48 bits per heavy atom. The number of unbranched alkanes of at least 4 members (excludes halogenated alkanes) is 1. The molecule has 2 aromatic heterocycles. The van der Waals surface area contributed by atoms with Crippen LogP contribution in [0.1, 0.15) is 43.0 Å². The summed E-state index contributed by atoms with van der Waals surface area (Å²) in [7, 11) is 0. The van der Waals surface area contributed by atoms with E-state index in [-0.39, 0.29) is 30.1 Å². The Bertz CT molecular complexity index is 995. The number of rotatable bonds is 10. The third-order valence-corrected chi connectivity index (χ3v) is 6.72. The highest BCUT2D eigenvalue weighted by molar-refractivity contribution is 7.99. The van der Waals surface area contributed by atoms with Gasteiger partial charge in [-0.15, -0.1) is 11.3 Å². The van der Waals surface area contributed by atoms with Gasteiger partial charge in [0.25, 0.3) is 5.56 Å². The molecule has 0 radical (unpaired) electrons. The molecule has 0 aliphatic rings. The van der Waals surface area contributed by atoms with Gasteiger partial charge in [-0.25, -0.2) is 4.98 Å². The van der Waals surface area contributed by atoms with Gasteiger partial charge in [0.15, 0.2) is 5.16 Å². The van der Waals surface area contributed by atoms with Gasteiger partial charge in [-0.2, -0.15) is 10.5 Å². The van der Waals surface area contributed by atoms with E-state index in [1.54, 1.807) is 4.57 Å². The minimum absolute atomic E-state index is 0.0499. The normalized spacial score (nSPS) is 10.7. The van der Waals surface area contributed by atoms with Crippen LogP contribution in [-0.4, -0.2) is 39.2 Å². The van der Waals surface area contributed by atoms with Crippen molar-refractivity contribution in [3.63, 3.8) is 0 Å². The number of hydrogen-bond donors (Lipinski definition) is 0. The molecular weight excluding hydrogens is 406 g/mol. The summed E-state index contributed by atoms with van der Waals surface area (Å²) >= 11 is 2.74. The van der Waals surface area contributed by atoms with E-state index in [9.17, 15) is 9.59 Å². The molecule has 2 aromatic rings. The zero-order chi connectivity index (χ0) is 21.4. The number of aromatic nitrogens is 2. The number of nitriles is 2. The molecule has 2 rings (SSSR count). The molecular formula is C20H25N5O2S2. The summed E-state index contributed by atoms with van der Waals surface area (Å²) in [6.45, 7) is 7.16. The molecule has 0 spiro atoms. The maximum atomic E-state index is 13.1. The number of aryl methyl sites for hydroxylation is 2.